The molecule has 2 nitrogen and oxygen atoms in total. The molecule has 1 aliphatic carbocycles. The highest BCUT2D eigenvalue weighted by molar-refractivity contribution is 5.12. The van der Waals surface area contributed by atoms with E-state index in [2.05, 4.69) is 36.3 Å². The highest BCUT2D eigenvalue weighted by Gasteiger charge is 2.27. The summed E-state index contributed by atoms with van der Waals surface area (Å²) in [4.78, 5) is 4.37. The summed E-state index contributed by atoms with van der Waals surface area (Å²) < 4.78 is 0. The molecule has 0 aromatic carbocycles. The third kappa shape index (κ3) is 2.55. The fraction of sp³-hybridized carbons (Fsp3) is 0.583. The molecular weight excluding hydrogens is 172 g/mol. The van der Waals surface area contributed by atoms with Crippen molar-refractivity contribution in [2.75, 3.05) is 0 Å². The smallest absolute Gasteiger partial charge is 0.0541 e. The molecule has 1 aromatic heterocycles. The summed E-state index contributed by atoms with van der Waals surface area (Å²) in [6.07, 6.45) is 4.73. The van der Waals surface area contributed by atoms with E-state index in [9.17, 15) is 0 Å². The van der Waals surface area contributed by atoms with E-state index in [4.69, 9.17) is 0 Å². The maximum absolute atomic E-state index is 4.37. The molecule has 0 saturated heterocycles. The largest absolute Gasteiger partial charge is 0.308 e. The molecule has 2 rings (SSSR count). The summed E-state index contributed by atoms with van der Waals surface area (Å²) in [5.74, 6) is 0.917. The standard InChI is InChI=1S/C12H18N2/c1-9-3-6-12(14-7-9)8-13-10(2)11-4-5-11/h3,6-7,10-11,13H,4-5,8H2,1-2H3. The Bertz CT molecular complexity index is 288. The zero-order valence-corrected chi connectivity index (χ0v) is 8.96. The van der Waals surface area contributed by atoms with E-state index >= 15 is 0 Å². The van der Waals surface area contributed by atoms with E-state index in [1.807, 2.05) is 6.20 Å². The Hall–Kier alpha value is -0.890. The highest BCUT2D eigenvalue weighted by atomic mass is 14.9. The van der Waals surface area contributed by atoms with Crippen LogP contribution in [0.3, 0.4) is 0 Å². The first kappa shape index (κ1) is 9.66. The lowest BCUT2D eigenvalue weighted by molar-refractivity contribution is 0.492. The Morgan fingerprint density at radius 2 is 2.29 bits per heavy atom. The molecule has 1 N–H and O–H groups in total. The number of pyridine rings is 1. The molecule has 14 heavy (non-hydrogen) atoms. The summed E-state index contributed by atoms with van der Waals surface area (Å²) in [6, 6.07) is 4.87. The molecule has 2 heteroatoms. The molecule has 1 heterocycles. The predicted octanol–water partition coefficient (Wildman–Crippen LogP) is 2.28. The van der Waals surface area contributed by atoms with E-state index in [1.165, 1.54) is 18.4 Å². The normalized spacial score (nSPS) is 18.1. The van der Waals surface area contributed by atoms with Gasteiger partial charge in [0.1, 0.15) is 0 Å². The Morgan fingerprint density at radius 1 is 1.50 bits per heavy atom. The van der Waals surface area contributed by atoms with Gasteiger partial charge in [0, 0.05) is 18.8 Å². The van der Waals surface area contributed by atoms with Crippen LogP contribution < -0.4 is 5.32 Å². The van der Waals surface area contributed by atoms with Crippen LogP contribution in [-0.2, 0) is 6.54 Å². The van der Waals surface area contributed by atoms with Gasteiger partial charge in [-0.3, -0.25) is 4.98 Å². The monoisotopic (exact) mass is 190 g/mol. The van der Waals surface area contributed by atoms with E-state index in [0.717, 1.165) is 18.2 Å². The van der Waals surface area contributed by atoms with Crippen molar-refractivity contribution in [3.05, 3.63) is 29.6 Å². The molecule has 0 radical (unpaired) electrons. The van der Waals surface area contributed by atoms with Crippen LogP contribution in [0.5, 0.6) is 0 Å². The van der Waals surface area contributed by atoms with Crippen LogP contribution >= 0.6 is 0 Å². The molecule has 1 unspecified atom stereocenters. The van der Waals surface area contributed by atoms with Gasteiger partial charge in [-0.15, -0.1) is 0 Å². The van der Waals surface area contributed by atoms with E-state index in [0.29, 0.717) is 6.04 Å². The zero-order valence-electron chi connectivity index (χ0n) is 8.96. The van der Waals surface area contributed by atoms with Crippen molar-refractivity contribution in [2.24, 2.45) is 5.92 Å². The van der Waals surface area contributed by atoms with Crippen molar-refractivity contribution in [2.45, 2.75) is 39.3 Å². The third-order valence-corrected chi connectivity index (χ3v) is 2.91. The van der Waals surface area contributed by atoms with Crippen LogP contribution in [0, 0.1) is 12.8 Å². The van der Waals surface area contributed by atoms with Crippen LogP contribution in [0.4, 0.5) is 0 Å². The van der Waals surface area contributed by atoms with Crippen LogP contribution in [0.15, 0.2) is 18.3 Å². The van der Waals surface area contributed by atoms with Crippen molar-refractivity contribution in [3.8, 4) is 0 Å². The fourth-order valence-electron chi connectivity index (χ4n) is 1.63. The minimum atomic E-state index is 0.651. The van der Waals surface area contributed by atoms with Crippen LogP contribution in [0.2, 0.25) is 0 Å². The molecule has 76 valence electrons. The average molecular weight is 190 g/mol. The van der Waals surface area contributed by atoms with Crippen molar-refractivity contribution < 1.29 is 0 Å². The summed E-state index contributed by atoms with van der Waals surface area (Å²) in [6.45, 7) is 5.24. The molecule has 0 aliphatic heterocycles. The van der Waals surface area contributed by atoms with Gasteiger partial charge in [0.2, 0.25) is 0 Å². The SMILES string of the molecule is Cc1ccc(CNC(C)C2CC2)nc1. The Balaban J connectivity index is 1.82. The summed E-state index contributed by atoms with van der Waals surface area (Å²) in [7, 11) is 0. The van der Waals surface area contributed by atoms with Gasteiger partial charge < -0.3 is 5.32 Å². The maximum atomic E-state index is 4.37. The molecule has 1 fully saturated rings. The molecule has 1 aliphatic rings. The first-order valence-electron chi connectivity index (χ1n) is 5.40. The maximum Gasteiger partial charge on any atom is 0.0541 e. The summed E-state index contributed by atoms with van der Waals surface area (Å²) in [5.41, 5.74) is 2.37. The number of rotatable bonds is 4. The minimum Gasteiger partial charge on any atom is -0.308 e. The molecule has 1 saturated carbocycles. The molecule has 0 amide bonds. The van der Waals surface area contributed by atoms with Gasteiger partial charge in [-0.2, -0.15) is 0 Å². The van der Waals surface area contributed by atoms with Gasteiger partial charge in [0.25, 0.3) is 0 Å². The summed E-state index contributed by atoms with van der Waals surface area (Å²) >= 11 is 0. The molecular formula is C12H18N2. The van der Waals surface area contributed by atoms with E-state index < -0.39 is 0 Å². The van der Waals surface area contributed by atoms with Gasteiger partial charge in [0.05, 0.1) is 5.69 Å². The predicted molar refractivity (Wildman–Crippen MR) is 58.0 cm³/mol. The number of hydrogen-bond acceptors (Lipinski definition) is 2. The van der Waals surface area contributed by atoms with Crippen LogP contribution in [-0.4, -0.2) is 11.0 Å². The lowest BCUT2D eigenvalue weighted by atomic mass is 10.2. The topological polar surface area (TPSA) is 24.9 Å². The number of nitrogens with zero attached hydrogens (tertiary/aromatic N) is 1. The number of hydrogen-bond donors (Lipinski definition) is 1. The van der Waals surface area contributed by atoms with Crippen molar-refractivity contribution >= 4 is 0 Å². The lowest BCUT2D eigenvalue weighted by Crippen LogP contribution is -2.27. The number of aromatic nitrogens is 1. The molecule has 0 bridgehead atoms. The second-order valence-corrected chi connectivity index (χ2v) is 4.33. The first-order chi connectivity index (χ1) is 6.75. The van der Waals surface area contributed by atoms with Crippen molar-refractivity contribution in [1.82, 2.24) is 10.3 Å². The summed E-state index contributed by atoms with van der Waals surface area (Å²) in [5, 5.41) is 3.52. The van der Waals surface area contributed by atoms with Gasteiger partial charge in [-0.05, 0) is 44.2 Å². The van der Waals surface area contributed by atoms with E-state index in [-0.39, 0.29) is 0 Å². The van der Waals surface area contributed by atoms with Crippen molar-refractivity contribution in [1.29, 1.82) is 0 Å². The van der Waals surface area contributed by atoms with Crippen LogP contribution in [0.1, 0.15) is 31.0 Å². The fourth-order valence-corrected chi connectivity index (χ4v) is 1.63. The second-order valence-electron chi connectivity index (χ2n) is 4.33. The quantitative estimate of drug-likeness (QED) is 0.788. The Morgan fingerprint density at radius 3 is 2.86 bits per heavy atom. The Kier molecular flexibility index (Phi) is 2.82. The van der Waals surface area contributed by atoms with Gasteiger partial charge in [-0.25, -0.2) is 0 Å². The number of aryl methyl sites for hydroxylation is 1. The highest BCUT2D eigenvalue weighted by Crippen LogP contribution is 2.32. The Labute approximate surface area is 85.7 Å². The van der Waals surface area contributed by atoms with Gasteiger partial charge in [-0.1, -0.05) is 6.07 Å². The third-order valence-electron chi connectivity index (χ3n) is 2.91. The zero-order chi connectivity index (χ0) is 9.97. The molecule has 1 atom stereocenters. The molecule has 0 spiro atoms. The van der Waals surface area contributed by atoms with Gasteiger partial charge in [0.15, 0.2) is 0 Å². The average Bonchev–Trinajstić information content (AvgIpc) is 3.00. The molecule has 1 aromatic rings. The van der Waals surface area contributed by atoms with E-state index in [1.54, 1.807) is 0 Å². The van der Waals surface area contributed by atoms with Crippen LogP contribution in [0.25, 0.3) is 0 Å². The second kappa shape index (κ2) is 4.09. The minimum absolute atomic E-state index is 0.651. The number of nitrogens with one attached hydrogen (secondary N) is 1. The lowest BCUT2D eigenvalue weighted by Gasteiger charge is -2.11. The van der Waals surface area contributed by atoms with Crippen molar-refractivity contribution in [3.63, 3.8) is 0 Å². The van der Waals surface area contributed by atoms with Gasteiger partial charge >= 0.3 is 0 Å². The first-order valence-corrected chi connectivity index (χ1v) is 5.40.